The normalized spacial score (nSPS) is 18.3. The van der Waals surface area contributed by atoms with Crippen LogP contribution in [0.15, 0.2) is 46.0 Å². The van der Waals surface area contributed by atoms with Crippen LogP contribution in [0.4, 0.5) is 0 Å². The molecular weight excluding hydrogens is 264 g/mol. The van der Waals surface area contributed by atoms with Gasteiger partial charge >= 0.3 is 0 Å². The second kappa shape index (κ2) is 5.62. The molecule has 0 aromatic heterocycles. The fourth-order valence-electron chi connectivity index (χ4n) is 1.67. The standard InChI is InChI=1S/C13H12N2O3S/c16-8-13-12(6-11-4-2-1-3-5-11)7-14-19(9-17,10-18)15-13/h1-5,7-10,15H,6H2. The number of nitrogens with one attached hydrogen (secondary N) is 1. The van der Waals surface area contributed by atoms with Crippen LogP contribution in [-0.2, 0) is 20.8 Å². The van der Waals surface area contributed by atoms with Gasteiger partial charge in [0.05, 0.1) is 5.70 Å². The molecule has 0 saturated carbocycles. The predicted octanol–water partition coefficient (Wildman–Crippen LogP) is 1.37. The number of carbonyl (C=O) groups is 3. The number of nitrogens with zero attached hydrogens (tertiary/aromatic N) is 1. The van der Waals surface area contributed by atoms with E-state index in [9.17, 15) is 14.4 Å². The highest BCUT2D eigenvalue weighted by molar-refractivity contribution is 8.51. The maximum absolute atomic E-state index is 11.1. The molecule has 6 heteroatoms. The lowest BCUT2D eigenvalue weighted by molar-refractivity contribution is -0.105. The summed E-state index contributed by atoms with van der Waals surface area (Å²) in [7, 11) is -2.59. The molecule has 5 nitrogen and oxygen atoms in total. The topological polar surface area (TPSA) is 75.6 Å². The Balaban J connectivity index is 2.28. The van der Waals surface area contributed by atoms with Gasteiger partial charge in [-0.1, -0.05) is 30.3 Å². The lowest BCUT2D eigenvalue weighted by Crippen LogP contribution is -2.27. The SMILES string of the molecule is O=CC1=C(Cc2ccccc2)C=NS(C=O)(C=O)N1. The van der Waals surface area contributed by atoms with Gasteiger partial charge in [0, 0.05) is 28.6 Å². The first-order chi connectivity index (χ1) is 9.23. The summed E-state index contributed by atoms with van der Waals surface area (Å²) in [6.45, 7) is 0. The molecule has 0 radical (unpaired) electrons. The summed E-state index contributed by atoms with van der Waals surface area (Å²) in [6, 6.07) is 9.56. The molecule has 0 spiro atoms. The first-order valence-corrected chi connectivity index (χ1v) is 7.23. The molecule has 1 aromatic rings. The van der Waals surface area contributed by atoms with Crippen molar-refractivity contribution in [3.8, 4) is 0 Å². The maximum Gasteiger partial charge on any atom is 0.201 e. The van der Waals surface area contributed by atoms with E-state index in [4.69, 9.17) is 0 Å². The molecule has 0 atom stereocenters. The van der Waals surface area contributed by atoms with Crippen molar-refractivity contribution in [1.82, 2.24) is 4.72 Å². The minimum absolute atomic E-state index is 0.244. The number of hydrogen-bond acceptors (Lipinski definition) is 5. The highest BCUT2D eigenvalue weighted by Crippen LogP contribution is 2.42. The van der Waals surface area contributed by atoms with E-state index in [2.05, 4.69) is 9.12 Å². The highest BCUT2D eigenvalue weighted by atomic mass is 32.3. The first kappa shape index (κ1) is 13.2. The van der Waals surface area contributed by atoms with Crippen molar-refractivity contribution in [2.24, 2.45) is 4.40 Å². The van der Waals surface area contributed by atoms with E-state index in [1.807, 2.05) is 30.3 Å². The monoisotopic (exact) mass is 276 g/mol. The Morgan fingerprint density at radius 2 is 1.79 bits per heavy atom. The summed E-state index contributed by atoms with van der Waals surface area (Å²) < 4.78 is 6.62. The van der Waals surface area contributed by atoms with Gasteiger partial charge in [-0.05, 0) is 5.56 Å². The fourth-order valence-corrected chi connectivity index (χ4v) is 2.79. The van der Waals surface area contributed by atoms with Gasteiger partial charge < -0.3 is 4.72 Å². The van der Waals surface area contributed by atoms with Crippen LogP contribution >= 0.6 is 10.4 Å². The highest BCUT2D eigenvalue weighted by Gasteiger charge is 2.26. The molecule has 1 aliphatic rings. The summed E-state index contributed by atoms with van der Waals surface area (Å²) >= 11 is 0. The lowest BCUT2D eigenvalue weighted by Gasteiger charge is -2.28. The number of hydrogen-bond donors (Lipinski definition) is 1. The van der Waals surface area contributed by atoms with Crippen molar-refractivity contribution in [3.05, 3.63) is 47.2 Å². The minimum atomic E-state index is -2.59. The molecule has 0 amide bonds. The molecule has 98 valence electrons. The molecule has 0 saturated heterocycles. The Kier molecular flexibility index (Phi) is 3.91. The molecule has 19 heavy (non-hydrogen) atoms. The maximum atomic E-state index is 11.1. The zero-order valence-corrected chi connectivity index (χ0v) is 10.8. The smallest absolute Gasteiger partial charge is 0.201 e. The predicted molar refractivity (Wildman–Crippen MR) is 76.0 cm³/mol. The minimum Gasteiger partial charge on any atom is -0.316 e. The zero-order chi connectivity index (χ0) is 13.7. The molecule has 1 aromatic carbocycles. The van der Waals surface area contributed by atoms with Crippen molar-refractivity contribution in [1.29, 1.82) is 0 Å². The van der Waals surface area contributed by atoms with Crippen molar-refractivity contribution < 1.29 is 14.4 Å². The molecule has 2 rings (SSSR count). The van der Waals surface area contributed by atoms with Crippen molar-refractivity contribution in [3.63, 3.8) is 0 Å². The van der Waals surface area contributed by atoms with Crippen molar-refractivity contribution in [2.75, 3.05) is 0 Å². The third-order valence-electron chi connectivity index (χ3n) is 2.65. The van der Waals surface area contributed by atoms with E-state index >= 15 is 0 Å². The Morgan fingerprint density at radius 3 is 2.37 bits per heavy atom. The van der Waals surface area contributed by atoms with Crippen LogP contribution in [0, 0.1) is 0 Å². The van der Waals surface area contributed by atoms with Gasteiger partial charge in [-0.15, -0.1) is 0 Å². The van der Waals surface area contributed by atoms with E-state index in [-0.39, 0.29) is 5.70 Å². The zero-order valence-electron chi connectivity index (χ0n) is 9.98. The summed E-state index contributed by atoms with van der Waals surface area (Å²) in [6.07, 6.45) is 2.56. The number of benzene rings is 1. The van der Waals surface area contributed by atoms with E-state index in [0.717, 1.165) is 5.56 Å². The van der Waals surface area contributed by atoms with Gasteiger partial charge in [-0.25, -0.2) is 4.40 Å². The molecular formula is C13H12N2O3S. The Bertz CT molecular complexity index is 559. The van der Waals surface area contributed by atoms with E-state index in [1.54, 1.807) is 0 Å². The van der Waals surface area contributed by atoms with Gasteiger partial charge in [-0.3, -0.25) is 14.4 Å². The third-order valence-corrected chi connectivity index (χ3v) is 4.24. The van der Waals surface area contributed by atoms with Crippen LogP contribution < -0.4 is 4.72 Å². The van der Waals surface area contributed by atoms with Crippen LogP contribution in [0.25, 0.3) is 0 Å². The second-order valence-electron chi connectivity index (χ2n) is 3.92. The summed E-state index contributed by atoms with van der Waals surface area (Å²) in [5.74, 6) is 0. The van der Waals surface area contributed by atoms with Crippen LogP contribution in [0.2, 0.25) is 0 Å². The Morgan fingerprint density at radius 1 is 1.11 bits per heavy atom. The molecule has 0 unspecified atom stereocenters. The molecule has 1 heterocycles. The Hall–Kier alpha value is -2.21. The molecule has 0 fully saturated rings. The fraction of sp³-hybridized carbons (Fsp3) is 0.0769. The molecule has 0 aliphatic carbocycles. The van der Waals surface area contributed by atoms with Crippen LogP contribution in [-0.4, -0.2) is 23.7 Å². The molecule has 0 bridgehead atoms. The van der Waals surface area contributed by atoms with Crippen molar-refractivity contribution >= 4 is 34.1 Å². The van der Waals surface area contributed by atoms with Crippen LogP contribution in [0.3, 0.4) is 0 Å². The number of aldehydes is 1. The first-order valence-electron chi connectivity index (χ1n) is 5.52. The summed E-state index contributed by atoms with van der Waals surface area (Å²) in [5.41, 5.74) is 2.84. The average Bonchev–Trinajstić information content (AvgIpc) is 2.49. The number of carbonyl (C=O) groups excluding carboxylic acids is 3. The summed E-state index contributed by atoms with van der Waals surface area (Å²) in [5, 5.41) is 0. The van der Waals surface area contributed by atoms with Crippen LogP contribution in [0.1, 0.15) is 5.56 Å². The second-order valence-corrected chi connectivity index (χ2v) is 6.07. The third kappa shape index (κ3) is 2.79. The van der Waals surface area contributed by atoms with Gasteiger partial charge in [0.25, 0.3) is 0 Å². The molecule has 1 aliphatic heterocycles. The molecule has 1 N–H and O–H groups in total. The Labute approximate surface area is 112 Å². The van der Waals surface area contributed by atoms with E-state index in [1.165, 1.54) is 6.21 Å². The van der Waals surface area contributed by atoms with Gasteiger partial charge in [0.15, 0.2) is 6.29 Å². The van der Waals surface area contributed by atoms with E-state index in [0.29, 0.717) is 29.5 Å². The van der Waals surface area contributed by atoms with Crippen LogP contribution in [0.5, 0.6) is 0 Å². The lowest BCUT2D eigenvalue weighted by atomic mass is 10.0. The van der Waals surface area contributed by atoms with Crippen molar-refractivity contribution in [2.45, 2.75) is 6.42 Å². The van der Waals surface area contributed by atoms with Gasteiger partial charge in [-0.2, -0.15) is 0 Å². The number of rotatable bonds is 5. The summed E-state index contributed by atoms with van der Waals surface area (Å²) in [4.78, 5) is 32.9. The number of allylic oxidation sites excluding steroid dienone is 2. The largest absolute Gasteiger partial charge is 0.316 e. The van der Waals surface area contributed by atoms with Gasteiger partial charge in [0.1, 0.15) is 0 Å². The quantitative estimate of drug-likeness (QED) is 0.824. The van der Waals surface area contributed by atoms with E-state index < -0.39 is 10.4 Å². The average molecular weight is 276 g/mol. The van der Waals surface area contributed by atoms with Gasteiger partial charge in [0.2, 0.25) is 11.2 Å².